The number of amides is 2. The van der Waals surface area contributed by atoms with E-state index >= 15 is 0 Å². The third-order valence-electron chi connectivity index (χ3n) is 9.58. The first-order valence-corrected chi connectivity index (χ1v) is 18.0. The maximum Gasteiger partial charge on any atom is 0.275 e. The Balaban J connectivity index is 1.31. The van der Waals surface area contributed by atoms with Crippen LogP contribution in [0.15, 0.2) is 65.1 Å². The fraction of sp³-hybridized carbons (Fsp3) is 0.361. The van der Waals surface area contributed by atoms with Crippen LogP contribution in [0.2, 0.25) is 0 Å². The second-order valence-corrected chi connectivity index (χ2v) is 15.0. The van der Waals surface area contributed by atoms with Crippen molar-refractivity contribution in [3.63, 3.8) is 0 Å². The minimum Gasteiger partial charge on any atom is -0.455 e. The summed E-state index contributed by atoms with van der Waals surface area (Å²) >= 11 is 0. The number of carbonyl (C=O) groups is 2. The molecule has 244 valence electrons. The summed E-state index contributed by atoms with van der Waals surface area (Å²) < 4.78 is 35.4. The van der Waals surface area contributed by atoms with Crippen molar-refractivity contribution in [1.29, 1.82) is 0 Å². The number of aromatic nitrogens is 2. The molecule has 1 N–H and O–H groups in total. The lowest BCUT2D eigenvalue weighted by Crippen LogP contribution is -2.40. The van der Waals surface area contributed by atoms with Crippen LogP contribution in [-0.2, 0) is 16.6 Å². The van der Waals surface area contributed by atoms with Gasteiger partial charge in [-0.05, 0) is 56.2 Å². The highest BCUT2D eigenvalue weighted by molar-refractivity contribution is 7.92. The number of hydrogen-bond acceptors (Lipinski definition) is 6. The van der Waals surface area contributed by atoms with Crippen molar-refractivity contribution >= 4 is 49.4 Å². The zero-order valence-corrected chi connectivity index (χ0v) is 27.9. The summed E-state index contributed by atoms with van der Waals surface area (Å²) in [5.74, 6) is 0.402. The summed E-state index contributed by atoms with van der Waals surface area (Å²) in [6.45, 7) is 3.75. The molecule has 0 bridgehead atoms. The van der Waals surface area contributed by atoms with Crippen LogP contribution in [0.1, 0.15) is 63.6 Å². The highest BCUT2D eigenvalue weighted by Crippen LogP contribution is 2.42. The number of furan rings is 1. The Morgan fingerprint density at radius 3 is 2.49 bits per heavy atom. The molecule has 1 saturated carbocycles. The average molecular weight is 654 g/mol. The van der Waals surface area contributed by atoms with E-state index in [0.29, 0.717) is 52.7 Å². The predicted octanol–water partition coefficient (Wildman–Crippen LogP) is 5.94. The topological polar surface area (TPSA) is 118 Å². The van der Waals surface area contributed by atoms with Crippen LogP contribution in [0.25, 0.3) is 33.2 Å². The predicted molar refractivity (Wildman–Crippen MR) is 183 cm³/mol. The third kappa shape index (κ3) is 5.77. The van der Waals surface area contributed by atoms with Crippen molar-refractivity contribution in [2.24, 2.45) is 5.92 Å². The molecule has 2 aromatic heterocycles. The lowest BCUT2D eigenvalue weighted by Gasteiger charge is -2.34. The molecule has 2 amide bonds. The normalized spacial score (nSPS) is 16.9. The maximum atomic E-state index is 14.1. The number of benzene rings is 3. The van der Waals surface area contributed by atoms with E-state index in [-0.39, 0.29) is 17.7 Å². The van der Waals surface area contributed by atoms with Gasteiger partial charge in [-0.3, -0.25) is 18.6 Å². The van der Waals surface area contributed by atoms with E-state index in [9.17, 15) is 18.0 Å². The van der Waals surface area contributed by atoms with Gasteiger partial charge in [0.25, 0.3) is 11.8 Å². The Morgan fingerprint density at radius 2 is 1.79 bits per heavy atom. The number of carbonyl (C=O) groups excluding carboxylic acids is 2. The Bertz CT molecular complexity index is 2130. The fourth-order valence-electron chi connectivity index (χ4n) is 6.72. The first-order chi connectivity index (χ1) is 22.5. The third-order valence-corrected chi connectivity index (χ3v) is 10.8. The van der Waals surface area contributed by atoms with E-state index in [1.165, 1.54) is 24.2 Å². The molecule has 7 rings (SSSR count). The highest BCUT2D eigenvalue weighted by atomic mass is 32.2. The molecule has 11 heteroatoms. The van der Waals surface area contributed by atoms with Crippen molar-refractivity contribution in [1.82, 2.24) is 20.0 Å². The number of piperidine rings is 1. The number of anilines is 1. The van der Waals surface area contributed by atoms with Gasteiger partial charge in [-0.1, -0.05) is 48.0 Å². The van der Waals surface area contributed by atoms with Gasteiger partial charge >= 0.3 is 0 Å². The number of sulfonamides is 1. The lowest BCUT2D eigenvalue weighted by atomic mass is 9.88. The molecule has 47 heavy (non-hydrogen) atoms. The van der Waals surface area contributed by atoms with E-state index in [1.54, 1.807) is 13.1 Å². The zero-order chi connectivity index (χ0) is 33.0. The standard InChI is InChI=1S/C36H39N5O5S/c1-22-11-15-24(16-12-22)34-32(35(42)37-2)28-18-27(30(19-31(28)46-34)39(3)47(4,44)45)25-8-7-17-40(21-25)36(43)33-26-9-5-6-10-29(26)41(38-33)20-23-13-14-23/h5-6,9-12,15-16,18-19,23,25H,7-8,13-14,17,20-21H2,1-4H3,(H,37,42)/t25-/m0/s1. The number of rotatable bonds is 8. The van der Waals surface area contributed by atoms with Crippen molar-refractivity contribution in [2.75, 3.05) is 37.7 Å². The van der Waals surface area contributed by atoms with Gasteiger partial charge < -0.3 is 14.6 Å². The largest absolute Gasteiger partial charge is 0.455 e. The van der Waals surface area contributed by atoms with E-state index in [2.05, 4.69) is 5.32 Å². The van der Waals surface area contributed by atoms with Crippen molar-refractivity contribution < 1.29 is 22.4 Å². The summed E-state index contributed by atoms with van der Waals surface area (Å²) in [7, 11) is -0.549. The molecule has 2 fully saturated rings. The van der Waals surface area contributed by atoms with Gasteiger partial charge in [0.2, 0.25) is 10.0 Å². The van der Waals surface area contributed by atoms with Crippen LogP contribution >= 0.6 is 0 Å². The number of nitrogens with zero attached hydrogens (tertiary/aromatic N) is 4. The van der Waals surface area contributed by atoms with Crippen LogP contribution < -0.4 is 9.62 Å². The molecule has 1 saturated heterocycles. The minimum absolute atomic E-state index is 0.129. The quantitative estimate of drug-likeness (QED) is 0.222. The maximum absolute atomic E-state index is 14.1. The molecule has 3 heterocycles. The van der Waals surface area contributed by atoms with Crippen LogP contribution in [-0.4, -0.2) is 68.4 Å². The first kappa shape index (κ1) is 31.0. The summed E-state index contributed by atoms with van der Waals surface area (Å²) in [6, 6.07) is 19.2. The van der Waals surface area contributed by atoms with Crippen LogP contribution in [0.3, 0.4) is 0 Å². The van der Waals surface area contributed by atoms with Gasteiger partial charge in [-0.2, -0.15) is 5.10 Å². The summed E-state index contributed by atoms with van der Waals surface area (Å²) in [5, 5.41) is 9.00. The molecule has 0 unspecified atom stereocenters. The zero-order valence-electron chi connectivity index (χ0n) is 27.1. The smallest absolute Gasteiger partial charge is 0.275 e. The number of aryl methyl sites for hydroxylation is 1. The molecule has 1 aliphatic carbocycles. The SMILES string of the molecule is CNC(=O)c1c(-c2ccc(C)cc2)oc2cc(N(C)S(C)(=O)=O)c([C@H]3CCCN(C(=O)c4nn(CC5CC5)c5ccccc45)C3)cc12. The molecule has 10 nitrogen and oxygen atoms in total. The molecule has 1 atom stereocenters. The lowest BCUT2D eigenvalue weighted by molar-refractivity contribution is 0.0702. The number of likely N-dealkylation sites (tertiary alicyclic amines) is 1. The molecule has 2 aliphatic rings. The highest BCUT2D eigenvalue weighted by Gasteiger charge is 2.33. The van der Waals surface area contributed by atoms with Crippen LogP contribution in [0, 0.1) is 12.8 Å². The van der Waals surface area contributed by atoms with E-state index < -0.39 is 10.0 Å². The van der Waals surface area contributed by atoms with Gasteiger partial charge in [0.1, 0.15) is 11.3 Å². The fourth-order valence-corrected chi connectivity index (χ4v) is 7.24. The van der Waals surface area contributed by atoms with Gasteiger partial charge in [-0.15, -0.1) is 0 Å². The average Bonchev–Trinajstić information content (AvgIpc) is 3.71. The summed E-state index contributed by atoms with van der Waals surface area (Å²) in [5.41, 5.74) is 5.23. The molecular weight excluding hydrogens is 614 g/mol. The minimum atomic E-state index is -3.65. The van der Waals surface area contributed by atoms with E-state index in [4.69, 9.17) is 9.52 Å². The van der Waals surface area contributed by atoms with Gasteiger partial charge in [0, 0.05) is 62.0 Å². The Hall–Kier alpha value is -4.64. The van der Waals surface area contributed by atoms with Crippen LogP contribution in [0.5, 0.6) is 0 Å². The molecule has 0 radical (unpaired) electrons. The Morgan fingerprint density at radius 1 is 1.04 bits per heavy atom. The molecule has 5 aromatic rings. The summed E-state index contributed by atoms with van der Waals surface area (Å²) in [4.78, 5) is 29.3. The van der Waals surface area contributed by atoms with Gasteiger partial charge in [0.05, 0.1) is 23.0 Å². The van der Waals surface area contributed by atoms with Crippen LogP contribution in [0.4, 0.5) is 5.69 Å². The Labute approximate surface area is 274 Å². The van der Waals surface area contributed by atoms with Crippen molar-refractivity contribution in [3.8, 4) is 11.3 Å². The van der Waals surface area contributed by atoms with E-state index in [0.717, 1.165) is 53.2 Å². The second kappa shape index (κ2) is 11.9. The molecule has 0 spiro atoms. The van der Waals surface area contributed by atoms with E-state index in [1.807, 2.05) is 71.1 Å². The molecular formula is C36H39N5O5S. The molecule has 1 aliphatic heterocycles. The van der Waals surface area contributed by atoms with Crippen molar-refractivity contribution in [2.45, 2.75) is 45.1 Å². The number of nitrogens with one attached hydrogen (secondary N) is 1. The monoisotopic (exact) mass is 653 g/mol. The van der Waals surface area contributed by atoms with Crippen molar-refractivity contribution in [3.05, 3.63) is 83.0 Å². The summed E-state index contributed by atoms with van der Waals surface area (Å²) in [6.07, 6.45) is 5.01. The molecule has 3 aromatic carbocycles. The van der Waals surface area contributed by atoms with Gasteiger partial charge in [0.15, 0.2) is 5.69 Å². The second-order valence-electron chi connectivity index (χ2n) is 13.0. The van der Waals surface area contributed by atoms with Gasteiger partial charge in [-0.25, -0.2) is 8.42 Å². The first-order valence-electron chi connectivity index (χ1n) is 16.1. The number of fused-ring (bicyclic) bond motifs is 2. The number of para-hydroxylation sites is 1. The number of hydrogen-bond donors (Lipinski definition) is 1. The Kier molecular flexibility index (Phi) is 7.82.